The zero-order valence-electron chi connectivity index (χ0n) is 32.9. The van der Waals surface area contributed by atoms with Gasteiger partial charge in [-0.25, -0.2) is 15.0 Å². The Morgan fingerprint density at radius 1 is 0.860 bits per heavy atom. The van der Waals surface area contributed by atoms with Crippen molar-refractivity contribution in [2.75, 3.05) is 121 Å². The third kappa shape index (κ3) is 13.4. The van der Waals surface area contributed by atoms with E-state index in [2.05, 4.69) is 52.9 Å². The molecule has 2 aromatic heterocycles. The van der Waals surface area contributed by atoms with Crippen LogP contribution in [0.4, 0.5) is 22.5 Å². The van der Waals surface area contributed by atoms with Gasteiger partial charge in [0.15, 0.2) is 5.13 Å². The molecule has 3 aliphatic rings. The van der Waals surface area contributed by atoms with Gasteiger partial charge in [0.25, 0.3) is 5.91 Å². The van der Waals surface area contributed by atoms with Gasteiger partial charge in [-0.05, 0) is 50.2 Å². The molecule has 3 N–H and O–H groups in total. The lowest BCUT2D eigenvalue weighted by atomic mass is 9.93. The summed E-state index contributed by atoms with van der Waals surface area (Å²) in [4.78, 5) is 43.9. The number of aromatic nitrogens is 3. The average Bonchev–Trinajstić information content (AvgIpc) is 3.98. The summed E-state index contributed by atoms with van der Waals surface area (Å²) in [6, 6.07) is 7.40. The van der Waals surface area contributed by atoms with Crippen LogP contribution in [0.3, 0.4) is 0 Å². The molecular weight excluding hydrogens is 772 g/mol. The van der Waals surface area contributed by atoms with E-state index in [0.717, 1.165) is 56.9 Å². The van der Waals surface area contributed by atoms with Crippen LogP contribution in [0, 0.1) is 31.6 Å². The van der Waals surface area contributed by atoms with Crippen molar-refractivity contribution in [3.8, 4) is 0 Å². The number of hydrogen-bond donors (Lipinski definition) is 3. The highest BCUT2D eigenvalue weighted by atomic mass is 35.5. The Hall–Kier alpha value is -3.74. The van der Waals surface area contributed by atoms with Crippen LogP contribution in [0.2, 0.25) is 5.02 Å². The molecule has 6 rings (SSSR count). The SMILES string of the molecule is Cc1nc(Nc2ncc(C(=O)Nc3c(C)cccc3Cl)s2)cc(N2CCN(CCOCCOCCOCCOCCOCCNC(=O)[C@H]3C[C@@H]4C=C[C@@H]3C4)CC2)n1. The number of thiazole rings is 1. The van der Waals surface area contributed by atoms with Crippen molar-refractivity contribution in [1.29, 1.82) is 0 Å². The van der Waals surface area contributed by atoms with E-state index in [9.17, 15) is 9.59 Å². The smallest absolute Gasteiger partial charge is 0.267 e. The first-order valence-corrected chi connectivity index (χ1v) is 21.0. The largest absolute Gasteiger partial charge is 0.378 e. The van der Waals surface area contributed by atoms with Gasteiger partial charge in [-0.3, -0.25) is 14.5 Å². The molecule has 0 spiro atoms. The molecule has 57 heavy (non-hydrogen) atoms. The summed E-state index contributed by atoms with van der Waals surface area (Å²) in [6.45, 7) is 13.8. The molecule has 3 aromatic rings. The van der Waals surface area contributed by atoms with Gasteiger partial charge in [0.1, 0.15) is 22.3 Å². The number of fused-ring (bicyclic) bond motifs is 2. The molecular formula is C40H55ClN8O7S. The van der Waals surface area contributed by atoms with Crippen LogP contribution in [-0.4, -0.2) is 137 Å². The van der Waals surface area contributed by atoms with Crippen LogP contribution < -0.4 is 20.9 Å². The van der Waals surface area contributed by atoms with Gasteiger partial charge in [0.2, 0.25) is 5.91 Å². The third-order valence-electron chi connectivity index (χ3n) is 10.1. The molecule has 2 aliphatic carbocycles. The van der Waals surface area contributed by atoms with E-state index >= 15 is 0 Å². The second kappa shape index (κ2) is 22.4. The minimum atomic E-state index is -0.273. The first kappa shape index (κ1) is 42.9. The Bertz CT molecular complexity index is 1750. The summed E-state index contributed by atoms with van der Waals surface area (Å²) in [5.41, 5.74) is 1.48. The van der Waals surface area contributed by atoms with E-state index < -0.39 is 0 Å². The maximum atomic E-state index is 12.9. The van der Waals surface area contributed by atoms with Crippen molar-refractivity contribution in [2.24, 2.45) is 17.8 Å². The Morgan fingerprint density at radius 2 is 1.54 bits per heavy atom. The first-order valence-electron chi connectivity index (χ1n) is 19.8. The molecule has 2 amide bonds. The molecule has 1 aromatic carbocycles. The van der Waals surface area contributed by atoms with Crippen LogP contribution in [0.5, 0.6) is 0 Å². The van der Waals surface area contributed by atoms with Gasteiger partial charge in [-0.2, -0.15) is 0 Å². The fourth-order valence-electron chi connectivity index (χ4n) is 7.13. The number of para-hydroxylation sites is 1. The van der Waals surface area contributed by atoms with E-state index in [1.807, 2.05) is 32.0 Å². The van der Waals surface area contributed by atoms with Gasteiger partial charge in [-0.1, -0.05) is 47.2 Å². The fourth-order valence-corrected chi connectivity index (χ4v) is 8.11. The molecule has 17 heteroatoms. The molecule has 1 saturated carbocycles. The molecule has 3 atom stereocenters. The third-order valence-corrected chi connectivity index (χ3v) is 11.4. The monoisotopic (exact) mass is 826 g/mol. The zero-order chi connectivity index (χ0) is 39.8. The maximum Gasteiger partial charge on any atom is 0.267 e. The lowest BCUT2D eigenvalue weighted by Gasteiger charge is -2.35. The summed E-state index contributed by atoms with van der Waals surface area (Å²) in [5.74, 6) is 3.16. The summed E-state index contributed by atoms with van der Waals surface area (Å²) in [7, 11) is 0. The first-order chi connectivity index (χ1) is 27.8. The Kier molecular flexibility index (Phi) is 16.9. The number of amides is 2. The zero-order valence-corrected chi connectivity index (χ0v) is 34.5. The number of nitrogens with zero attached hydrogens (tertiary/aromatic N) is 5. The van der Waals surface area contributed by atoms with Crippen molar-refractivity contribution < 1.29 is 33.3 Å². The molecule has 0 unspecified atom stereocenters. The lowest BCUT2D eigenvalue weighted by molar-refractivity contribution is -0.126. The second-order valence-electron chi connectivity index (χ2n) is 14.3. The van der Waals surface area contributed by atoms with Gasteiger partial charge in [0.05, 0.1) is 83.0 Å². The van der Waals surface area contributed by atoms with Crippen LogP contribution in [0.15, 0.2) is 42.6 Å². The molecule has 1 aliphatic heterocycles. The number of benzene rings is 1. The number of ether oxygens (including phenoxy) is 5. The number of rotatable bonds is 24. The molecule has 3 heterocycles. The van der Waals surface area contributed by atoms with Crippen molar-refractivity contribution in [1.82, 2.24) is 25.2 Å². The summed E-state index contributed by atoms with van der Waals surface area (Å²) in [6.07, 6.45) is 8.10. The van der Waals surface area contributed by atoms with Gasteiger partial charge in [0, 0.05) is 51.3 Å². The molecule has 15 nitrogen and oxygen atoms in total. The number of anilines is 4. The van der Waals surface area contributed by atoms with Crippen molar-refractivity contribution in [2.45, 2.75) is 26.7 Å². The molecule has 310 valence electrons. The van der Waals surface area contributed by atoms with E-state index in [1.54, 1.807) is 12.3 Å². The van der Waals surface area contributed by atoms with Crippen LogP contribution >= 0.6 is 22.9 Å². The second-order valence-corrected chi connectivity index (χ2v) is 15.7. The topological polar surface area (TPSA) is 162 Å². The van der Waals surface area contributed by atoms with E-state index in [-0.39, 0.29) is 17.7 Å². The van der Waals surface area contributed by atoms with Crippen molar-refractivity contribution in [3.05, 3.63) is 63.9 Å². The van der Waals surface area contributed by atoms with Crippen molar-refractivity contribution >= 4 is 57.2 Å². The number of nitrogens with one attached hydrogen (secondary N) is 3. The Morgan fingerprint density at radius 3 is 2.19 bits per heavy atom. The molecule has 2 bridgehead atoms. The van der Waals surface area contributed by atoms with E-state index in [4.69, 9.17) is 35.3 Å². The van der Waals surface area contributed by atoms with E-state index in [1.165, 1.54) is 11.3 Å². The number of piperazine rings is 1. The van der Waals surface area contributed by atoms with Gasteiger partial charge in [-0.15, -0.1) is 0 Å². The number of carbonyl (C=O) groups is 2. The highest BCUT2D eigenvalue weighted by Crippen LogP contribution is 2.43. The number of carbonyl (C=O) groups excluding carboxylic acids is 2. The number of hydrogen-bond acceptors (Lipinski definition) is 14. The molecule has 2 fully saturated rings. The summed E-state index contributed by atoms with van der Waals surface area (Å²) < 4.78 is 28.1. The standard InChI is InChI=1S/C40H55ClN8O7S/c1-28-4-3-5-33(41)37(28)47-39(51)34-27-43-40(57-34)46-35-26-36(45-29(2)44-35)49-11-9-48(10-12-49)13-15-53-17-19-55-21-23-56-22-20-54-18-16-52-14-8-42-38(50)32-25-30-6-7-31(32)24-30/h3-7,26-27,30-32H,8-25H2,1-2H3,(H,42,50)(H,47,51)(H,43,44,45,46)/t30-,31-,32+/m1/s1. The van der Waals surface area contributed by atoms with Gasteiger partial charge < -0.3 is 44.5 Å². The minimum Gasteiger partial charge on any atom is -0.378 e. The average molecular weight is 827 g/mol. The van der Waals surface area contributed by atoms with Gasteiger partial charge >= 0.3 is 0 Å². The number of allylic oxidation sites excluding steroid dienone is 2. The summed E-state index contributed by atoms with van der Waals surface area (Å²) in [5, 5.41) is 10.2. The highest BCUT2D eigenvalue weighted by molar-refractivity contribution is 7.17. The fraction of sp³-hybridized carbons (Fsp3) is 0.575. The normalized spacial score (nSPS) is 19.0. The number of aryl methyl sites for hydroxylation is 2. The van der Waals surface area contributed by atoms with E-state index in [0.29, 0.717) is 117 Å². The quantitative estimate of drug-likeness (QED) is 0.0841. The minimum absolute atomic E-state index is 0.138. The van der Waals surface area contributed by atoms with Crippen LogP contribution in [-0.2, 0) is 28.5 Å². The number of halogens is 1. The Labute approximate surface area is 343 Å². The Balaban J connectivity index is 0.740. The van der Waals surface area contributed by atoms with Crippen LogP contribution in [0.25, 0.3) is 0 Å². The highest BCUT2D eigenvalue weighted by Gasteiger charge is 2.39. The maximum absolute atomic E-state index is 12.9. The molecule has 0 radical (unpaired) electrons. The predicted octanol–water partition coefficient (Wildman–Crippen LogP) is 4.73. The summed E-state index contributed by atoms with van der Waals surface area (Å²) >= 11 is 7.52. The van der Waals surface area contributed by atoms with Crippen LogP contribution in [0.1, 0.15) is 33.9 Å². The lowest BCUT2D eigenvalue weighted by Crippen LogP contribution is -2.47. The predicted molar refractivity (Wildman–Crippen MR) is 221 cm³/mol. The van der Waals surface area contributed by atoms with Crippen molar-refractivity contribution in [3.63, 3.8) is 0 Å². The molecule has 1 saturated heterocycles.